The molecule has 1 amide bonds. The molecule has 2 unspecified atom stereocenters. The Hall–Kier alpha value is -2.73. The molecule has 136 valence electrons. The first kappa shape index (κ1) is 16.7. The summed E-state index contributed by atoms with van der Waals surface area (Å²) in [5.74, 6) is 1.26. The van der Waals surface area contributed by atoms with E-state index in [1.807, 2.05) is 60.5 Å². The zero-order valence-corrected chi connectivity index (χ0v) is 14.7. The summed E-state index contributed by atoms with van der Waals surface area (Å²) in [6.07, 6.45) is 8.36. The van der Waals surface area contributed by atoms with E-state index in [0.29, 0.717) is 26.2 Å². The van der Waals surface area contributed by atoms with Gasteiger partial charge >= 0.3 is 0 Å². The normalized spacial score (nSPS) is 25.1. The van der Waals surface area contributed by atoms with Crippen molar-refractivity contribution in [1.82, 2.24) is 4.90 Å². The van der Waals surface area contributed by atoms with Gasteiger partial charge in [-0.3, -0.25) is 4.79 Å². The first-order valence-corrected chi connectivity index (χ1v) is 8.73. The number of allylic oxidation sites excluding steroid dienone is 2. The van der Waals surface area contributed by atoms with Crippen molar-refractivity contribution in [2.24, 2.45) is 5.73 Å². The second-order valence-electron chi connectivity index (χ2n) is 6.77. The van der Waals surface area contributed by atoms with E-state index >= 15 is 0 Å². The van der Waals surface area contributed by atoms with Crippen LogP contribution in [0, 0.1) is 6.92 Å². The zero-order chi connectivity index (χ0) is 18.1. The van der Waals surface area contributed by atoms with E-state index in [4.69, 9.17) is 19.6 Å². The molecule has 0 aliphatic carbocycles. The molecule has 4 rings (SSSR count). The number of primary amides is 1. The SMILES string of the molecule is Cc1cc2cc(OCC3C=CC=CN3C3(C(N)=O)CCOC3)ccc2o1. The van der Waals surface area contributed by atoms with Gasteiger partial charge in [0, 0.05) is 24.6 Å². The molecule has 0 spiro atoms. The smallest absolute Gasteiger partial charge is 0.245 e. The third-order valence-electron chi connectivity index (χ3n) is 5.03. The molecule has 26 heavy (non-hydrogen) atoms. The Morgan fingerprint density at radius 1 is 1.38 bits per heavy atom. The molecule has 1 fully saturated rings. The number of ether oxygens (including phenoxy) is 2. The molecule has 6 nitrogen and oxygen atoms in total. The molecule has 0 radical (unpaired) electrons. The first-order chi connectivity index (χ1) is 12.6. The van der Waals surface area contributed by atoms with Crippen molar-refractivity contribution in [2.45, 2.75) is 24.9 Å². The van der Waals surface area contributed by atoms with Crippen LogP contribution >= 0.6 is 0 Å². The van der Waals surface area contributed by atoms with Crippen molar-refractivity contribution >= 4 is 16.9 Å². The van der Waals surface area contributed by atoms with Crippen LogP contribution in [0.4, 0.5) is 0 Å². The highest BCUT2D eigenvalue weighted by atomic mass is 16.5. The molecule has 2 aromatic rings. The third-order valence-corrected chi connectivity index (χ3v) is 5.03. The predicted octanol–water partition coefficient (Wildman–Crippen LogP) is 2.52. The number of carbonyl (C=O) groups excluding carboxylic acids is 1. The van der Waals surface area contributed by atoms with E-state index in [0.717, 1.165) is 22.5 Å². The number of fused-ring (bicyclic) bond motifs is 1. The molecular formula is C20H22N2O4. The molecule has 0 bridgehead atoms. The summed E-state index contributed by atoms with van der Waals surface area (Å²) in [7, 11) is 0. The Morgan fingerprint density at radius 2 is 2.27 bits per heavy atom. The number of nitrogens with zero attached hydrogens (tertiary/aromatic N) is 1. The Morgan fingerprint density at radius 3 is 3.04 bits per heavy atom. The maximum Gasteiger partial charge on any atom is 0.245 e. The molecule has 0 saturated carbocycles. The minimum absolute atomic E-state index is 0.101. The van der Waals surface area contributed by atoms with Gasteiger partial charge in [-0.15, -0.1) is 0 Å². The second-order valence-corrected chi connectivity index (χ2v) is 6.77. The topological polar surface area (TPSA) is 77.9 Å². The predicted molar refractivity (Wildman–Crippen MR) is 97.7 cm³/mol. The Balaban J connectivity index is 1.52. The van der Waals surface area contributed by atoms with Gasteiger partial charge in [0.2, 0.25) is 5.91 Å². The molecule has 6 heteroatoms. The minimum atomic E-state index is -0.819. The van der Waals surface area contributed by atoms with Crippen LogP contribution in [0.5, 0.6) is 5.75 Å². The van der Waals surface area contributed by atoms with Crippen molar-refractivity contribution in [3.8, 4) is 5.75 Å². The first-order valence-electron chi connectivity index (χ1n) is 8.73. The number of nitrogens with two attached hydrogens (primary N) is 1. The lowest BCUT2D eigenvalue weighted by atomic mass is 9.92. The van der Waals surface area contributed by atoms with Crippen molar-refractivity contribution in [3.05, 3.63) is 54.5 Å². The number of furan rings is 1. The van der Waals surface area contributed by atoms with Gasteiger partial charge in [0.05, 0.1) is 12.6 Å². The van der Waals surface area contributed by atoms with E-state index < -0.39 is 5.54 Å². The average Bonchev–Trinajstić information content (AvgIpc) is 3.26. The summed E-state index contributed by atoms with van der Waals surface area (Å²) in [6.45, 7) is 3.15. The van der Waals surface area contributed by atoms with Crippen molar-refractivity contribution in [2.75, 3.05) is 19.8 Å². The van der Waals surface area contributed by atoms with Crippen LogP contribution in [-0.4, -0.2) is 42.2 Å². The fourth-order valence-corrected chi connectivity index (χ4v) is 3.64. The van der Waals surface area contributed by atoms with E-state index in [-0.39, 0.29) is 11.9 Å². The fraction of sp³-hybridized carbons (Fsp3) is 0.350. The summed E-state index contributed by atoms with van der Waals surface area (Å²) in [6, 6.07) is 7.63. The van der Waals surface area contributed by atoms with Gasteiger partial charge < -0.3 is 24.5 Å². The Labute approximate surface area is 151 Å². The number of carbonyl (C=O) groups is 1. The van der Waals surface area contributed by atoms with Gasteiger partial charge in [0.25, 0.3) is 0 Å². The summed E-state index contributed by atoms with van der Waals surface area (Å²) in [5.41, 5.74) is 5.75. The Kier molecular flexibility index (Phi) is 4.20. The average molecular weight is 354 g/mol. The molecule has 2 aliphatic heterocycles. The van der Waals surface area contributed by atoms with Crippen LogP contribution in [0.25, 0.3) is 11.0 Å². The minimum Gasteiger partial charge on any atom is -0.491 e. The number of benzene rings is 1. The number of aryl methyl sites for hydroxylation is 1. The van der Waals surface area contributed by atoms with Crippen LogP contribution in [-0.2, 0) is 9.53 Å². The molecule has 1 saturated heterocycles. The van der Waals surface area contributed by atoms with Gasteiger partial charge in [-0.2, -0.15) is 0 Å². The maximum atomic E-state index is 12.2. The molecular weight excluding hydrogens is 332 g/mol. The van der Waals surface area contributed by atoms with Crippen LogP contribution in [0.15, 0.2) is 53.1 Å². The molecule has 1 aromatic heterocycles. The number of rotatable bonds is 5. The number of amides is 1. The Bertz CT molecular complexity index is 877. The fourth-order valence-electron chi connectivity index (χ4n) is 3.64. The van der Waals surface area contributed by atoms with Gasteiger partial charge in [-0.25, -0.2) is 0 Å². The molecule has 2 aliphatic rings. The highest BCUT2D eigenvalue weighted by molar-refractivity contribution is 5.85. The summed E-state index contributed by atoms with van der Waals surface area (Å²) in [5, 5.41) is 1.01. The quantitative estimate of drug-likeness (QED) is 0.893. The van der Waals surface area contributed by atoms with Crippen LogP contribution < -0.4 is 10.5 Å². The van der Waals surface area contributed by atoms with E-state index in [1.165, 1.54) is 0 Å². The molecule has 3 heterocycles. The lowest BCUT2D eigenvalue weighted by molar-refractivity contribution is -0.129. The number of hydrogen-bond acceptors (Lipinski definition) is 5. The van der Waals surface area contributed by atoms with Gasteiger partial charge in [0.15, 0.2) is 0 Å². The molecule has 1 aromatic carbocycles. The van der Waals surface area contributed by atoms with Gasteiger partial charge in [0.1, 0.15) is 29.2 Å². The van der Waals surface area contributed by atoms with Gasteiger partial charge in [-0.1, -0.05) is 12.2 Å². The van der Waals surface area contributed by atoms with Crippen molar-refractivity contribution in [3.63, 3.8) is 0 Å². The van der Waals surface area contributed by atoms with E-state index in [2.05, 4.69) is 0 Å². The molecule has 2 atom stereocenters. The molecule has 2 N–H and O–H groups in total. The highest BCUT2D eigenvalue weighted by Gasteiger charge is 2.47. The zero-order valence-electron chi connectivity index (χ0n) is 14.7. The van der Waals surface area contributed by atoms with Crippen molar-refractivity contribution < 1.29 is 18.7 Å². The standard InChI is InChI=1S/C20H22N2O4/c1-14-10-15-11-17(5-6-18(15)26-14)25-12-16-4-2-3-8-22(16)20(19(21)23)7-9-24-13-20/h2-6,8,10-11,16H,7,9,12-13H2,1H3,(H2,21,23). The monoisotopic (exact) mass is 354 g/mol. The third kappa shape index (κ3) is 2.86. The van der Waals surface area contributed by atoms with E-state index in [9.17, 15) is 4.79 Å². The van der Waals surface area contributed by atoms with Crippen LogP contribution in [0.1, 0.15) is 12.2 Å². The summed E-state index contributed by atoms with van der Waals surface area (Å²) >= 11 is 0. The largest absolute Gasteiger partial charge is 0.491 e. The summed E-state index contributed by atoms with van der Waals surface area (Å²) in [4.78, 5) is 14.2. The number of hydrogen-bond donors (Lipinski definition) is 1. The lowest BCUT2D eigenvalue weighted by Crippen LogP contribution is -2.60. The summed E-state index contributed by atoms with van der Waals surface area (Å²) < 4.78 is 17.1. The van der Waals surface area contributed by atoms with Crippen LogP contribution in [0.3, 0.4) is 0 Å². The highest BCUT2D eigenvalue weighted by Crippen LogP contribution is 2.31. The van der Waals surface area contributed by atoms with Crippen molar-refractivity contribution in [1.29, 1.82) is 0 Å². The van der Waals surface area contributed by atoms with Crippen LogP contribution in [0.2, 0.25) is 0 Å². The maximum absolute atomic E-state index is 12.2. The van der Waals surface area contributed by atoms with E-state index in [1.54, 1.807) is 0 Å². The van der Waals surface area contributed by atoms with Gasteiger partial charge in [-0.05, 0) is 37.3 Å². The lowest BCUT2D eigenvalue weighted by Gasteiger charge is -2.42. The second kappa shape index (κ2) is 6.53.